The molecule has 0 aliphatic rings. The third-order valence-corrected chi connectivity index (χ3v) is 5.27. The molecular weight excluding hydrogens is 458 g/mol. The van der Waals surface area contributed by atoms with Crippen molar-refractivity contribution < 1.29 is 9.59 Å². The van der Waals surface area contributed by atoms with Gasteiger partial charge in [0, 0.05) is 31.9 Å². The van der Waals surface area contributed by atoms with E-state index in [1.807, 2.05) is 0 Å². The minimum Gasteiger partial charge on any atom is -0.356 e. The van der Waals surface area contributed by atoms with Crippen LogP contribution in [-0.4, -0.2) is 29.9 Å². The first kappa shape index (κ1) is 31.6. The van der Waals surface area contributed by atoms with Gasteiger partial charge in [0.15, 0.2) is 0 Å². The quantitative estimate of drug-likeness (QED) is 0.146. The highest BCUT2D eigenvalue weighted by atomic mass is 16.2. The molecule has 0 bridgehead atoms. The molecule has 37 heavy (non-hydrogen) atoms. The Balaban J connectivity index is 1.93. The predicted molar refractivity (Wildman–Crippen MR) is 156 cm³/mol. The van der Waals surface area contributed by atoms with Gasteiger partial charge < -0.3 is 10.6 Å². The van der Waals surface area contributed by atoms with E-state index in [0.29, 0.717) is 25.1 Å². The van der Waals surface area contributed by atoms with Crippen LogP contribution in [0.15, 0.2) is 97.4 Å². The van der Waals surface area contributed by atoms with E-state index < -0.39 is 0 Å². The van der Waals surface area contributed by atoms with Crippen LogP contribution in [-0.2, 0) is 4.79 Å². The average molecular weight is 504 g/mol. The van der Waals surface area contributed by atoms with Crippen LogP contribution in [0, 0.1) is 0 Å². The number of pyridine rings is 1. The van der Waals surface area contributed by atoms with Crippen molar-refractivity contribution in [1.82, 2.24) is 15.6 Å². The van der Waals surface area contributed by atoms with Crippen LogP contribution in [0.5, 0.6) is 0 Å². The van der Waals surface area contributed by atoms with Crippen molar-refractivity contribution in [2.24, 2.45) is 0 Å². The molecule has 0 atom stereocenters. The lowest BCUT2D eigenvalue weighted by Crippen LogP contribution is -2.27. The van der Waals surface area contributed by atoms with Gasteiger partial charge in [0.2, 0.25) is 5.91 Å². The maximum Gasteiger partial charge on any atom is 0.252 e. The Labute approximate surface area is 224 Å². The minimum absolute atomic E-state index is 0.0684. The number of rotatable bonds is 20. The number of carbonyl (C=O) groups is 2. The average Bonchev–Trinajstić information content (AvgIpc) is 2.92. The monoisotopic (exact) mass is 503 g/mol. The van der Waals surface area contributed by atoms with Crippen LogP contribution >= 0.6 is 0 Å². The molecule has 2 N–H and O–H groups in total. The second-order valence-corrected chi connectivity index (χ2v) is 8.51. The van der Waals surface area contributed by atoms with Crippen molar-refractivity contribution in [2.45, 2.75) is 71.1 Å². The normalized spacial score (nSPS) is 12.2. The molecule has 1 heterocycles. The summed E-state index contributed by atoms with van der Waals surface area (Å²) in [6.07, 6.45) is 38.1. The molecule has 1 rings (SSSR count). The summed E-state index contributed by atoms with van der Waals surface area (Å²) in [4.78, 5) is 27.7. The van der Waals surface area contributed by atoms with Crippen molar-refractivity contribution >= 4 is 11.8 Å². The number of carbonyl (C=O) groups excluding carboxylic acids is 2. The van der Waals surface area contributed by atoms with Gasteiger partial charge in [-0.25, -0.2) is 0 Å². The van der Waals surface area contributed by atoms with Crippen molar-refractivity contribution in [1.29, 1.82) is 0 Å². The molecular formula is C32H45N3O2. The van der Waals surface area contributed by atoms with Crippen LogP contribution in [0.4, 0.5) is 0 Å². The van der Waals surface area contributed by atoms with Crippen LogP contribution in [0.2, 0.25) is 0 Å². The van der Waals surface area contributed by atoms with Crippen LogP contribution in [0.25, 0.3) is 0 Å². The smallest absolute Gasteiger partial charge is 0.252 e. The maximum atomic E-state index is 11.9. The number of allylic oxidation sites excluding steroid dienone is 12. The molecule has 0 radical (unpaired) electrons. The number of amides is 2. The molecule has 5 heteroatoms. The second kappa shape index (κ2) is 24.2. The Morgan fingerprint density at radius 3 is 1.76 bits per heavy atom. The Hall–Kier alpha value is -3.47. The van der Waals surface area contributed by atoms with Gasteiger partial charge >= 0.3 is 0 Å². The van der Waals surface area contributed by atoms with E-state index in [4.69, 9.17) is 0 Å². The number of unbranched alkanes of at least 4 members (excludes halogenated alkanes) is 1. The zero-order valence-electron chi connectivity index (χ0n) is 22.5. The minimum atomic E-state index is -0.117. The van der Waals surface area contributed by atoms with Crippen molar-refractivity contribution in [2.75, 3.05) is 13.1 Å². The highest BCUT2D eigenvalue weighted by Crippen LogP contribution is 1.99. The zero-order chi connectivity index (χ0) is 26.7. The molecule has 2 amide bonds. The first-order chi connectivity index (χ1) is 18.2. The van der Waals surface area contributed by atoms with E-state index in [0.717, 1.165) is 57.8 Å². The summed E-state index contributed by atoms with van der Waals surface area (Å²) >= 11 is 0. The predicted octanol–water partition coefficient (Wildman–Crippen LogP) is 7.19. The molecule has 0 saturated heterocycles. The summed E-state index contributed by atoms with van der Waals surface area (Å²) in [7, 11) is 0. The fraction of sp³-hybridized carbons (Fsp3) is 0.406. The van der Waals surface area contributed by atoms with Crippen LogP contribution < -0.4 is 10.6 Å². The lowest BCUT2D eigenvalue weighted by molar-refractivity contribution is -0.121. The van der Waals surface area contributed by atoms with E-state index in [1.54, 1.807) is 24.5 Å². The molecule has 0 spiro atoms. The highest BCUT2D eigenvalue weighted by molar-refractivity contribution is 5.93. The number of nitrogens with one attached hydrogen (secondary N) is 2. The van der Waals surface area contributed by atoms with Gasteiger partial charge in [0.25, 0.3) is 5.91 Å². The molecule has 0 aliphatic carbocycles. The molecule has 200 valence electrons. The molecule has 0 unspecified atom stereocenters. The van der Waals surface area contributed by atoms with Gasteiger partial charge in [-0.1, -0.05) is 79.8 Å². The first-order valence-electron chi connectivity index (χ1n) is 13.6. The summed E-state index contributed by atoms with van der Waals surface area (Å²) in [5.41, 5.74) is 0.560. The summed E-state index contributed by atoms with van der Waals surface area (Å²) in [5, 5.41) is 5.79. The van der Waals surface area contributed by atoms with E-state index in [9.17, 15) is 9.59 Å². The number of aromatic nitrogens is 1. The highest BCUT2D eigenvalue weighted by Gasteiger charge is 2.03. The molecule has 1 aromatic rings. The molecule has 1 aromatic heterocycles. The summed E-state index contributed by atoms with van der Waals surface area (Å²) in [6, 6.07) is 3.48. The lowest BCUT2D eigenvalue weighted by atomic mass is 10.2. The number of hydrogen-bond donors (Lipinski definition) is 2. The SMILES string of the molecule is CC/C=C\C/C=C\C/C=C\C/C=C\C/C=C\C/C=C\CCC(=O)NCCCCNC(=O)c1cccnc1. The first-order valence-corrected chi connectivity index (χ1v) is 13.6. The molecule has 0 fully saturated rings. The fourth-order valence-corrected chi connectivity index (χ4v) is 3.22. The largest absolute Gasteiger partial charge is 0.356 e. The fourth-order valence-electron chi connectivity index (χ4n) is 3.22. The number of nitrogens with zero attached hydrogens (tertiary/aromatic N) is 1. The molecule has 0 aromatic carbocycles. The lowest BCUT2D eigenvalue weighted by Gasteiger charge is -2.06. The topological polar surface area (TPSA) is 71.1 Å². The van der Waals surface area contributed by atoms with Crippen LogP contribution in [0.3, 0.4) is 0 Å². The second-order valence-electron chi connectivity index (χ2n) is 8.51. The Morgan fingerprint density at radius 2 is 1.24 bits per heavy atom. The molecule has 5 nitrogen and oxygen atoms in total. The van der Waals surface area contributed by atoms with Gasteiger partial charge in [-0.05, 0) is 69.9 Å². The third-order valence-electron chi connectivity index (χ3n) is 5.27. The Kier molecular flexibility index (Phi) is 20.7. The van der Waals surface area contributed by atoms with E-state index >= 15 is 0 Å². The molecule has 0 aliphatic heterocycles. The van der Waals surface area contributed by atoms with Gasteiger partial charge in [-0.2, -0.15) is 0 Å². The third kappa shape index (κ3) is 20.4. The van der Waals surface area contributed by atoms with Crippen LogP contribution in [0.1, 0.15) is 81.5 Å². The standard InChI is InChI=1S/C32H45N3O2/c1-2-3-4-5-6-7-8-9-10-11-12-13-14-15-16-17-18-19-20-25-31(36)34-27-21-22-28-35-32(37)30-24-23-26-33-29-30/h3-4,6-7,9-10,12-13,15-16,18-19,23-24,26,29H,2,5,8,11,14,17,20-22,25,27-28H2,1H3,(H,34,36)(H,35,37)/b4-3-,7-6-,10-9-,13-12-,16-15-,19-18-. The molecule has 0 saturated carbocycles. The summed E-state index contributed by atoms with van der Waals surface area (Å²) in [6.45, 7) is 3.37. The summed E-state index contributed by atoms with van der Waals surface area (Å²) < 4.78 is 0. The van der Waals surface area contributed by atoms with E-state index in [2.05, 4.69) is 95.5 Å². The van der Waals surface area contributed by atoms with Crippen molar-refractivity contribution in [3.63, 3.8) is 0 Å². The van der Waals surface area contributed by atoms with E-state index in [1.165, 1.54) is 0 Å². The maximum absolute atomic E-state index is 11.9. The van der Waals surface area contributed by atoms with Crippen molar-refractivity contribution in [3.8, 4) is 0 Å². The number of hydrogen-bond acceptors (Lipinski definition) is 3. The zero-order valence-corrected chi connectivity index (χ0v) is 22.5. The van der Waals surface area contributed by atoms with Crippen molar-refractivity contribution in [3.05, 3.63) is 103 Å². The van der Waals surface area contributed by atoms with Gasteiger partial charge in [-0.15, -0.1) is 0 Å². The van der Waals surface area contributed by atoms with E-state index in [-0.39, 0.29) is 11.8 Å². The Bertz CT molecular complexity index is 896. The summed E-state index contributed by atoms with van der Waals surface area (Å²) in [5.74, 6) is -0.0487. The van der Waals surface area contributed by atoms with Gasteiger partial charge in [-0.3, -0.25) is 14.6 Å². The van der Waals surface area contributed by atoms with Gasteiger partial charge in [0.05, 0.1) is 5.56 Å². The van der Waals surface area contributed by atoms with Gasteiger partial charge in [0.1, 0.15) is 0 Å². The Morgan fingerprint density at radius 1 is 0.730 bits per heavy atom.